The Kier molecular flexibility index (Phi) is 6.08. The Morgan fingerprint density at radius 3 is 2.69 bits per heavy atom. The molecule has 1 aliphatic rings. The van der Waals surface area contributed by atoms with Gasteiger partial charge < -0.3 is 15.4 Å². The molecule has 0 radical (unpaired) electrons. The van der Waals surface area contributed by atoms with E-state index >= 15 is 0 Å². The molecule has 2 heterocycles. The van der Waals surface area contributed by atoms with Gasteiger partial charge in [-0.3, -0.25) is 9.69 Å². The lowest BCUT2D eigenvalue weighted by Gasteiger charge is -2.26. The van der Waals surface area contributed by atoms with Crippen LogP contribution in [-0.2, 0) is 4.74 Å². The summed E-state index contributed by atoms with van der Waals surface area (Å²) < 4.78 is 18.3. The number of hydrogen-bond donors (Lipinski definition) is 2. The van der Waals surface area contributed by atoms with E-state index in [-0.39, 0.29) is 17.4 Å². The first kappa shape index (κ1) is 18.2. The lowest BCUT2D eigenvalue weighted by atomic mass is 10.3. The second kappa shape index (κ2) is 8.68. The van der Waals surface area contributed by atoms with E-state index in [1.807, 2.05) is 0 Å². The lowest BCUT2D eigenvalue weighted by molar-refractivity contribution is 0.0398. The van der Waals surface area contributed by atoms with Crippen LogP contribution in [0.5, 0.6) is 0 Å². The standard InChI is InChI=1S/C18H22FN5O2/c1-13-21-16(18(25)23-15-4-2-14(19)3-5-15)12-17(22-13)20-6-7-24-8-10-26-11-9-24/h2-5,12H,6-11H2,1H3,(H,23,25)(H,20,21,22). The largest absolute Gasteiger partial charge is 0.379 e. The van der Waals surface area contributed by atoms with E-state index in [1.54, 1.807) is 13.0 Å². The molecule has 1 aromatic carbocycles. The second-order valence-corrected chi connectivity index (χ2v) is 6.03. The number of rotatable bonds is 6. The molecule has 3 rings (SSSR count). The maximum atomic E-state index is 13.0. The van der Waals surface area contributed by atoms with Gasteiger partial charge in [0.25, 0.3) is 5.91 Å². The van der Waals surface area contributed by atoms with Crippen LogP contribution < -0.4 is 10.6 Å². The minimum absolute atomic E-state index is 0.260. The molecule has 0 unspecified atom stereocenters. The molecule has 2 aromatic rings. The Morgan fingerprint density at radius 2 is 1.96 bits per heavy atom. The summed E-state index contributed by atoms with van der Waals surface area (Å²) in [4.78, 5) is 23.2. The Bertz CT molecular complexity index is 748. The molecule has 1 amide bonds. The highest BCUT2D eigenvalue weighted by atomic mass is 19.1. The quantitative estimate of drug-likeness (QED) is 0.820. The molecule has 1 saturated heterocycles. The fourth-order valence-corrected chi connectivity index (χ4v) is 2.67. The Hall–Kier alpha value is -2.58. The minimum Gasteiger partial charge on any atom is -0.379 e. The average Bonchev–Trinajstić information content (AvgIpc) is 2.64. The molecular weight excluding hydrogens is 337 g/mol. The summed E-state index contributed by atoms with van der Waals surface area (Å²) >= 11 is 0. The molecule has 0 aliphatic carbocycles. The van der Waals surface area contributed by atoms with Crippen LogP contribution in [0.15, 0.2) is 30.3 Å². The van der Waals surface area contributed by atoms with E-state index in [0.29, 0.717) is 17.3 Å². The number of carbonyl (C=O) groups excluding carboxylic acids is 1. The number of anilines is 2. The van der Waals surface area contributed by atoms with Gasteiger partial charge >= 0.3 is 0 Å². The maximum absolute atomic E-state index is 13.0. The average molecular weight is 359 g/mol. The van der Waals surface area contributed by atoms with Crippen LogP contribution in [0.4, 0.5) is 15.9 Å². The van der Waals surface area contributed by atoms with Crippen molar-refractivity contribution in [1.29, 1.82) is 0 Å². The summed E-state index contributed by atoms with van der Waals surface area (Å²) in [6.45, 7) is 6.72. The second-order valence-electron chi connectivity index (χ2n) is 6.03. The molecule has 8 heteroatoms. The van der Waals surface area contributed by atoms with Crippen molar-refractivity contribution in [3.8, 4) is 0 Å². The van der Waals surface area contributed by atoms with E-state index < -0.39 is 0 Å². The smallest absolute Gasteiger partial charge is 0.274 e. The third kappa shape index (κ3) is 5.21. The van der Waals surface area contributed by atoms with Gasteiger partial charge in [-0.25, -0.2) is 14.4 Å². The number of morpholine rings is 1. The number of nitrogens with one attached hydrogen (secondary N) is 2. The fraction of sp³-hybridized carbons (Fsp3) is 0.389. The predicted octanol–water partition coefficient (Wildman–Crippen LogP) is 1.92. The number of amides is 1. The molecule has 1 fully saturated rings. The SMILES string of the molecule is Cc1nc(NCCN2CCOCC2)cc(C(=O)Nc2ccc(F)cc2)n1. The molecule has 2 N–H and O–H groups in total. The van der Waals surface area contributed by atoms with Gasteiger partial charge in [0, 0.05) is 37.9 Å². The zero-order chi connectivity index (χ0) is 18.4. The number of nitrogens with zero attached hydrogens (tertiary/aromatic N) is 3. The van der Waals surface area contributed by atoms with Crippen LogP contribution in [0.3, 0.4) is 0 Å². The van der Waals surface area contributed by atoms with Gasteiger partial charge in [-0.05, 0) is 31.2 Å². The summed E-state index contributed by atoms with van der Waals surface area (Å²) in [5, 5.41) is 5.94. The van der Waals surface area contributed by atoms with E-state index in [2.05, 4.69) is 25.5 Å². The van der Waals surface area contributed by atoms with E-state index in [1.165, 1.54) is 24.3 Å². The Balaban J connectivity index is 1.59. The summed E-state index contributed by atoms with van der Waals surface area (Å²) in [5.74, 6) is 0.395. The highest BCUT2D eigenvalue weighted by Crippen LogP contribution is 2.12. The first-order valence-corrected chi connectivity index (χ1v) is 8.57. The normalized spacial score (nSPS) is 14.8. The number of halogens is 1. The molecule has 1 aromatic heterocycles. The number of aryl methyl sites for hydroxylation is 1. The van der Waals surface area contributed by atoms with Gasteiger partial charge in [-0.15, -0.1) is 0 Å². The van der Waals surface area contributed by atoms with Crippen molar-refractivity contribution < 1.29 is 13.9 Å². The van der Waals surface area contributed by atoms with Crippen molar-refractivity contribution in [3.63, 3.8) is 0 Å². The van der Waals surface area contributed by atoms with Crippen LogP contribution in [0.1, 0.15) is 16.3 Å². The monoisotopic (exact) mass is 359 g/mol. The van der Waals surface area contributed by atoms with Crippen molar-refractivity contribution >= 4 is 17.4 Å². The number of benzene rings is 1. The molecule has 7 nitrogen and oxygen atoms in total. The summed E-state index contributed by atoms with van der Waals surface area (Å²) in [5.41, 5.74) is 0.769. The number of ether oxygens (including phenoxy) is 1. The van der Waals surface area contributed by atoms with Gasteiger partial charge in [-0.2, -0.15) is 0 Å². The fourth-order valence-electron chi connectivity index (χ4n) is 2.67. The highest BCUT2D eigenvalue weighted by molar-refractivity contribution is 6.03. The van der Waals surface area contributed by atoms with Crippen molar-refractivity contribution in [2.75, 3.05) is 50.0 Å². The van der Waals surface area contributed by atoms with Gasteiger partial charge in [-0.1, -0.05) is 0 Å². The zero-order valence-corrected chi connectivity index (χ0v) is 14.7. The Labute approximate surface area is 151 Å². The summed E-state index contributed by atoms with van der Waals surface area (Å²) in [6.07, 6.45) is 0. The first-order chi connectivity index (χ1) is 12.6. The molecule has 0 spiro atoms. The number of aromatic nitrogens is 2. The molecule has 1 aliphatic heterocycles. The van der Waals surface area contributed by atoms with Gasteiger partial charge in [0.05, 0.1) is 13.2 Å². The summed E-state index contributed by atoms with van der Waals surface area (Å²) in [6, 6.07) is 7.20. The molecule has 26 heavy (non-hydrogen) atoms. The van der Waals surface area contributed by atoms with Gasteiger partial charge in [0.15, 0.2) is 0 Å². The zero-order valence-electron chi connectivity index (χ0n) is 14.7. The molecule has 0 atom stereocenters. The van der Waals surface area contributed by atoms with E-state index in [9.17, 15) is 9.18 Å². The first-order valence-electron chi connectivity index (χ1n) is 8.57. The predicted molar refractivity (Wildman–Crippen MR) is 96.9 cm³/mol. The number of hydrogen-bond acceptors (Lipinski definition) is 6. The van der Waals surface area contributed by atoms with Gasteiger partial charge in [0.1, 0.15) is 23.2 Å². The highest BCUT2D eigenvalue weighted by Gasteiger charge is 2.12. The number of carbonyl (C=O) groups is 1. The molecule has 0 bridgehead atoms. The third-order valence-corrected chi connectivity index (χ3v) is 4.01. The van der Waals surface area contributed by atoms with E-state index in [4.69, 9.17) is 4.74 Å². The lowest BCUT2D eigenvalue weighted by Crippen LogP contribution is -2.39. The van der Waals surface area contributed by atoms with Crippen molar-refractivity contribution in [1.82, 2.24) is 14.9 Å². The summed E-state index contributed by atoms with van der Waals surface area (Å²) in [7, 11) is 0. The topological polar surface area (TPSA) is 79.4 Å². The van der Waals surface area contributed by atoms with Crippen molar-refractivity contribution in [2.24, 2.45) is 0 Å². The van der Waals surface area contributed by atoms with Crippen LogP contribution in [0.25, 0.3) is 0 Å². The van der Waals surface area contributed by atoms with Crippen LogP contribution in [0.2, 0.25) is 0 Å². The third-order valence-electron chi connectivity index (χ3n) is 4.01. The molecule has 138 valence electrons. The van der Waals surface area contributed by atoms with Crippen molar-refractivity contribution in [3.05, 3.63) is 47.7 Å². The van der Waals surface area contributed by atoms with Crippen molar-refractivity contribution in [2.45, 2.75) is 6.92 Å². The van der Waals surface area contributed by atoms with Crippen LogP contribution >= 0.6 is 0 Å². The molecular formula is C18H22FN5O2. The molecule has 0 saturated carbocycles. The Morgan fingerprint density at radius 1 is 1.23 bits per heavy atom. The maximum Gasteiger partial charge on any atom is 0.274 e. The minimum atomic E-state index is -0.363. The van der Waals surface area contributed by atoms with Crippen LogP contribution in [-0.4, -0.2) is 60.2 Å². The van der Waals surface area contributed by atoms with Crippen LogP contribution in [0, 0.1) is 12.7 Å². The van der Waals surface area contributed by atoms with Gasteiger partial charge in [0.2, 0.25) is 0 Å². The van der Waals surface area contributed by atoms with E-state index in [0.717, 1.165) is 39.4 Å².